The third-order valence-electron chi connectivity index (χ3n) is 2.66. The SMILES string of the molecule is CC(C)c1ccc(SCC(=O)N[C@@H](C)C(=O)O)cc1. The summed E-state index contributed by atoms with van der Waals surface area (Å²) in [4.78, 5) is 23.1. The monoisotopic (exact) mass is 281 g/mol. The molecule has 0 spiro atoms. The summed E-state index contributed by atoms with van der Waals surface area (Å²) in [5.74, 6) is -0.593. The van der Waals surface area contributed by atoms with Crippen molar-refractivity contribution in [3.63, 3.8) is 0 Å². The van der Waals surface area contributed by atoms with Crippen LogP contribution in [0.3, 0.4) is 0 Å². The van der Waals surface area contributed by atoms with Crippen LogP contribution in [-0.4, -0.2) is 28.8 Å². The molecule has 0 aliphatic carbocycles. The molecule has 0 saturated carbocycles. The second kappa shape index (κ2) is 7.19. The summed E-state index contributed by atoms with van der Waals surface area (Å²) in [6.07, 6.45) is 0. The van der Waals surface area contributed by atoms with Crippen molar-refractivity contribution in [1.82, 2.24) is 5.32 Å². The lowest BCUT2D eigenvalue weighted by Gasteiger charge is -2.09. The number of amides is 1. The maximum atomic E-state index is 11.5. The van der Waals surface area contributed by atoms with E-state index in [9.17, 15) is 9.59 Å². The van der Waals surface area contributed by atoms with E-state index in [1.54, 1.807) is 0 Å². The van der Waals surface area contributed by atoms with E-state index in [4.69, 9.17) is 5.11 Å². The summed E-state index contributed by atoms with van der Waals surface area (Å²) in [6.45, 7) is 5.70. The molecule has 2 N–H and O–H groups in total. The zero-order valence-corrected chi connectivity index (χ0v) is 12.2. The van der Waals surface area contributed by atoms with E-state index in [-0.39, 0.29) is 11.7 Å². The molecule has 0 saturated heterocycles. The molecule has 1 aromatic carbocycles. The lowest BCUT2D eigenvalue weighted by atomic mass is 10.0. The molecule has 0 aromatic heterocycles. The summed E-state index contributed by atoms with van der Waals surface area (Å²) >= 11 is 1.40. The Morgan fingerprint density at radius 2 is 1.79 bits per heavy atom. The maximum Gasteiger partial charge on any atom is 0.325 e. The van der Waals surface area contributed by atoms with Gasteiger partial charge in [0.05, 0.1) is 5.75 Å². The fourth-order valence-electron chi connectivity index (χ4n) is 1.44. The minimum absolute atomic E-state index is 0.221. The molecule has 0 fully saturated rings. The van der Waals surface area contributed by atoms with E-state index < -0.39 is 12.0 Å². The standard InChI is InChI=1S/C14H19NO3S/c1-9(2)11-4-6-12(7-5-11)19-8-13(16)15-10(3)14(17)18/h4-7,9-10H,8H2,1-3H3,(H,15,16)(H,17,18)/t10-/m0/s1. The molecule has 19 heavy (non-hydrogen) atoms. The highest BCUT2D eigenvalue weighted by atomic mass is 32.2. The van der Waals surface area contributed by atoms with Crippen molar-refractivity contribution in [2.45, 2.75) is 37.6 Å². The van der Waals surface area contributed by atoms with Crippen LogP contribution >= 0.6 is 11.8 Å². The van der Waals surface area contributed by atoms with E-state index in [1.165, 1.54) is 24.2 Å². The van der Waals surface area contributed by atoms with Gasteiger partial charge < -0.3 is 10.4 Å². The van der Waals surface area contributed by atoms with E-state index in [0.717, 1.165) is 4.90 Å². The Kier molecular flexibility index (Phi) is 5.89. The normalized spacial score (nSPS) is 12.2. The number of hydrogen-bond donors (Lipinski definition) is 2. The Morgan fingerprint density at radius 1 is 1.21 bits per heavy atom. The number of carbonyl (C=O) groups is 2. The van der Waals surface area contributed by atoms with Crippen LogP contribution in [-0.2, 0) is 9.59 Å². The van der Waals surface area contributed by atoms with Crippen LogP contribution in [0.4, 0.5) is 0 Å². The molecular formula is C14H19NO3S. The van der Waals surface area contributed by atoms with E-state index in [0.29, 0.717) is 5.92 Å². The number of thioether (sulfide) groups is 1. The van der Waals surface area contributed by atoms with Gasteiger partial charge in [-0.25, -0.2) is 0 Å². The number of hydrogen-bond acceptors (Lipinski definition) is 3. The number of carbonyl (C=O) groups excluding carboxylic acids is 1. The fraction of sp³-hybridized carbons (Fsp3) is 0.429. The van der Waals surface area contributed by atoms with Crippen LogP contribution < -0.4 is 5.32 Å². The Labute approximate surface area is 117 Å². The summed E-state index contributed by atoms with van der Waals surface area (Å²) in [7, 11) is 0. The number of aliphatic carboxylic acids is 1. The molecule has 0 unspecified atom stereocenters. The summed E-state index contributed by atoms with van der Waals surface area (Å²) in [5, 5.41) is 11.1. The van der Waals surface area contributed by atoms with Gasteiger partial charge >= 0.3 is 5.97 Å². The van der Waals surface area contributed by atoms with E-state index in [1.807, 2.05) is 24.3 Å². The van der Waals surface area contributed by atoms with Crippen LogP contribution in [0.2, 0.25) is 0 Å². The minimum Gasteiger partial charge on any atom is -0.480 e. The first-order valence-corrected chi connectivity index (χ1v) is 7.13. The van der Waals surface area contributed by atoms with Crippen molar-refractivity contribution < 1.29 is 14.7 Å². The number of carboxylic acid groups (broad SMARTS) is 1. The fourth-order valence-corrected chi connectivity index (χ4v) is 2.15. The first kappa shape index (κ1) is 15.6. The minimum atomic E-state index is -1.03. The van der Waals surface area contributed by atoms with Crippen molar-refractivity contribution in [2.75, 3.05) is 5.75 Å². The van der Waals surface area contributed by atoms with Gasteiger partial charge in [-0.15, -0.1) is 11.8 Å². The Bertz CT molecular complexity index is 443. The Morgan fingerprint density at radius 3 is 2.26 bits per heavy atom. The van der Waals surface area contributed by atoms with Crippen LogP contribution in [0.15, 0.2) is 29.2 Å². The average Bonchev–Trinajstić information content (AvgIpc) is 2.36. The summed E-state index contributed by atoms with van der Waals surface area (Å²) in [5.41, 5.74) is 1.26. The Hall–Kier alpha value is -1.49. The largest absolute Gasteiger partial charge is 0.480 e. The molecule has 4 nitrogen and oxygen atoms in total. The lowest BCUT2D eigenvalue weighted by molar-refractivity contribution is -0.140. The van der Waals surface area contributed by atoms with Gasteiger partial charge in [-0.1, -0.05) is 26.0 Å². The molecule has 0 heterocycles. The second-order valence-corrected chi connectivity index (χ2v) is 5.69. The highest BCUT2D eigenvalue weighted by Crippen LogP contribution is 2.21. The highest BCUT2D eigenvalue weighted by molar-refractivity contribution is 8.00. The zero-order chi connectivity index (χ0) is 14.4. The first-order valence-electron chi connectivity index (χ1n) is 6.15. The quantitative estimate of drug-likeness (QED) is 0.786. The van der Waals surface area contributed by atoms with Crippen LogP contribution in [0, 0.1) is 0 Å². The van der Waals surface area contributed by atoms with E-state index in [2.05, 4.69) is 19.2 Å². The van der Waals surface area contributed by atoms with Crippen molar-refractivity contribution in [3.05, 3.63) is 29.8 Å². The van der Waals surface area contributed by atoms with Crippen molar-refractivity contribution in [3.8, 4) is 0 Å². The lowest BCUT2D eigenvalue weighted by Crippen LogP contribution is -2.39. The van der Waals surface area contributed by atoms with Crippen LogP contribution in [0.5, 0.6) is 0 Å². The number of carboxylic acids is 1. The van der Waals surface area contributed by atoms with Crippen molar-refractivity contribution in [1.29, 1.82) is 0 Å². The number of benzene rings is 1. The van der Waals surface area contributed by atoms with Gasteiger partial charge in [0, 0.05) is 4.90 Å². The highest BCUT2D eigenvalue weighted by Gasteiger charge is 2.13. The predicted molar refractivity (Wildman–Crippen MR) is 76.5 cm³/mol. The van der Waals surface area contributed by atoms with Gasteiger partial charge in [0.1, 0.15) is 6.04 Å². The molecule has 1 aromatic rings. The molecule has 0 aliphatic heterocycles. The molecule has 0 radical (unpaired) electrons. The smallest absolute Gasteiger partial charge is 0.325 e. The Balaban J connectivity index is 2.44. The average molecular weight is 281 g/mol. The van der Waals surface area contributed by atoms with E-state index >= 15 is 0 Å². The van der Waals surface area contributed by atoms with Gasteiger partial charge in [0.25, 0.3) is 0 Å². The molecule has 104 valence electrons. The van der Waals surface area contributed by atoms with Crippen LogP contribution in [0.1, 0.15) is 32.3 Å². The van der Waals surface area contributed by atoms with Crippen molar-refractivity contribution in [2.24, 2.45) is 0 Å². The van der Waals surface area contributed by atoms with Gasteiger partial charge in [-0.3, -0.25) is 9.59 Å². The number of rotatable bonds is 6. The molecular weight excluding hydrogens is 262 g/mol. The maximum absolute atomic E-state index is 11.5. The topological polar surface area (TPSA) is 66.4 Å². The third-order valence-corrected chi connectivity index (χ3v) is 3.68. The van der Waals surface area contributed by atoms with Gasteiger partial charge in [0.15, 0.2) is 0 Å². The van der Waals surface area contributed by atoms with Gasteiger partial charge in [0.2, 0.25) is 5.91 Å². The first-order chi connectivity index (χ1) is 8.90. The van der Waals surface area contributed by atoms with Crippen LogP contribution in [0.25, 0.3) is 0 Å². The molecule has 1 atom stereocenters. The second-order valence-electron chi connectivity index (χ2n) is 4.64. The summed E-state index contributed by atoms with van der Waals surface area (Å²) in [6, 6.07) is 7.20. The molecule has 1 rings (SSSR count). The third kappa shape index (κ3) is 5.34. The zero-order valence-electron chi connectivity index (χ0n) is 11.3. The number of nitrogens with one attached hydrogen (secondary N) is 1. The summed E-state index contributed by atoms with van der Waals surface area (Å²) < 4.78 is 0. The molecule has 5 heteroatoms. The van der Waals surface area contributed by atoms with Crippen molar-refractivity contribution >= 4 is 23.6 Å². The molecule has 0 bridgehead atoms. The molecule has 1 amide bonds. The van der Waals surface area contributed by atoms with Gasteiger partial charge in [-0.05, 0) is 30.5 Å². The molecule has 0 aliphatic rings. The van der Waals surface area contributed by atoms with Gasteiger partial charge in [-0.2, -0.15) is 0 Å². The predicted octanol–water partition coefficient (Wildman–Crippen LogP) is 2.49.